The van der Waals surface area contributed by atoms with Crippen LogP contribution in [0, 0.1) is 0 Å². The van der Waals surface area contributed by atoms with Crippen molar-refractivity contribution in [2.24, 2.45) is 0 Å². The zero-order valence-corrected chi connectivity index (χ0v) is 11.7. The first-order valence-electron chi connectivity index (χ1n) is 6.15. The Bertz CT molecular complexity index is 379. The van der Waals surface area contributed by atoms with Crippen LogP contribution in [0.25, 0.3) is 0 Å². The lowest BCUT2D eigenvalue weighted by Crippen LogP contribution is -2.37. The van der Waals surface area contributed by atoms with Crippen LogP contribution in [0.3, 0.4) is 0 Å². The van der Waals surface area contributed by atoms with Gasteiger partial charge >= 0.3 is 0 Å². The summed E-state index contributed by atoms with van der Waals surface area (Å²) in [6, 6.07) is 5.68. The van der Waals surface area contributed by atoms with Crippen molar-refractivity contribution in [2.75, 3.05) is 14.2 Å². The average molecular weight is 253 g/mol. The van der Waals surface area contributed by atoms with E-state index in [1.54, 1.807) is 20.3 Å². The standard InChI is InChI=1S/C14H23NO3/c1-9(2)15-10(3)14(16)12-8-11(17-4)6-7-13(12)18-5/h6-10,14-16H,1-5H3/t10-,14+/m0/s1. The highest BCUT2D eigenvalue weighted by Gasteiger charge is 2.21. The second-order valence-electron chi connectivity index (χ2n) is 4.66. The highest BCUT2D eigenvalue weighted by Crippen LogP contribution is 2.31. The molecule has 0 radical (unpaired) electrons. The molecule has 102 valence electrons. The molecule has 0 aliphatic heterocycles. The van der Waals surface area contributed by atoms with E-state index in [0.29, 0.717) is 17.5 Å². The zero-order valence-electron chi connectivity index (χ0n) is 11.7. The summed E-state index contributed by atoms with van der Waals surface area (Å²) in [5, 5.41) is 13.7. The van der Waals surface area contributed by atoms with Crippen LogP contribution in [-0.2, 0) is 0 Å². The molecule has 1 aromatic rings. The molecule has 2 atom stereocenters. The third-order valence-corrected chi connectivity index (χ3v) is 2.83. The van der Waals surface area contributed by atoms with Crippen LogP contribution in [0.5, 0.6) is 11.5 Å². The van der Waals surface area contributed by atoms with Crippen molar-refractivity contribution in [1.82, 2.24) is 5.32 Å². The molecule has 0 amide bonds. The summed E-state index contributed by atoms with van der Waals surface area (Å²) in [5.41, 5.74) is 0.734. The fourth-order valence-corrected chi connectivity index (χ4v) is 1.96. The Balaban J connectivity index is 2.98. The van der Waals surface area contributed by atoms with E-state index in [-0.39, 0.29) is 6.04 Å². The van der Waals surface area contributed by atoms with Gasteiger partial charge in [0.05, 0.1) is 20.3 Å². The van der Waals surface area contributed by atoms with Gasteiger partial charge in [0.1, 0.15) is 11.5 Å². The van der Waals surface area contributed by atoms with Crippen LogP contribution in [0.15, 0.2) is 18.2 Å². The van der Waals surface area contributed by atoms with Gasteiger partial charge in [0.25, 0.3) is 0 Å². The molecule has 1 aromatic carbocycles. The van der Waals surface area contributed by atoms with Crippen molar-refractivity contribution in [3.63, 3.8) is 0 Å². The third kappa shape index (κ3) is 3.62. The molecule has 0 aliphatic rings. The predicted molar refractivity (Wildman–Crippen MR) is 72.2 cm³/mol. The second kappa shape index (κ2) is 6.61. The normalized spacial score (nSPS) is 14.4. The van der Waals surface area contributed by atoms with Gasteiger partial charge in [-0.2, -0.15) is 0 Å². The summed E-state index contributed by atoms with van der Waals surface area (Å²) in [7, 11) is 3.20. The number of aliphatic hydroxyl groups excluding tert-OH is 1. The number of rotatable bonds is 6. The lowest BCUT2D eigenvalue weighted by molar-refractivity contribution is 0.128. The van der Waals surface area contributed by atoms with Crippen molar-refractivity contribution in [3.8, 4) is 11.5 Å². The molecular weight excluding hydrogens is 230 g/mol. The van der Waals surface area contributed by atoms with Crippen LogP contribution >= 0.6 is 0 Å². The summed E-state index contributed by atoms with van der Waals surface area (Å²) < 4.78 is 10.5. The predicted octanol–water partition coefficient (Wildman–Crippen LogP) is 2.12. The first kappa shape index (κ1) is 14.8. The fourth-order valence-electron chi connectivity index (χ4n) is 1.96. The van der Waals surface area contributed by atoms with E-state index in [9.17, 15) is 5.11 Å². The Morgan fingerprint density at radius 1 is 1.11 bits per heavy atom. The lowest BCUT2D eigenvalue weighted by atomic mass is 10.0. The van der Waals surface area contributed by atoms with Crippen molar-refractivity contribution in [2.45, 2.75) is 39.0 Å². The van der Waals surface area contributed by atoms with Gasteiger partial charge in [0.2, 0.25) is 0 Å². The number of hydrogen-bond donors (Lipinski definition) is 2. The molecule has 0 aliphatic carbocycles. The number of benzene rings is 1. The highest BCUT2D eigenvalue weighted by molar-refractivity contribution is 5.42. The molecule has 0 heterocycles. The Kier molecular flexibility index (Phi) is 5.44. The third-order valence-electron chi connectivity index (χ3n) is 2.83. The van der Waals surface area contributed by atoms with E-state index < -0.39 is 6.10 Å². The van der Waals surface area contributed by atoms with Crippen LogP contribution in [-0.4, -0.2) is 31.4 Å². The molecule has 2 N–H and O–H groups in total. The highest BCUT2D eigenvalue weighted by atomic mass is 16.5. The molecule has 0 spiro atoms. The minimum absolute atomic E-state index is 0.0639. The summed E-state index contributed by atoms with van der Waals surface area (Å²) in [4.78, 5) is 0. The lowest BCUT2D eigenvalue weighted by Gasteiger charge is -2.24. The summed E-state index contributed by atoms with van der Waals surface area (Å²) in [6.07, 6.45) is -0.641. The molecule has 0 fully saturated rings. The minimum Gasteiger partial charge on any atom is -0.497 e. The Morgan fingerprint density at radius 3 is 2.28 bits per heavy atom. The van der Waals surface area contributed by atoms with Crippen molar-refractivity contribution in [1.29, 1.82) is 0 Å². The van der Waals surface area contributed by atoms with E-state index in [1.807, 2.05) is 32.9 Å². The summed E-state index contributed by atoms with van der Waals surface area (Å²) in [5.74, 6) is 1.38. The van der Waals surface area contributed by atoms with Gasteiger partial charge in [0.15, 0.2) is 0 Å². The van der Waals surface area contributed by atoms with Gasteiger partial charge in [-0.05, 0) is 25.1 Å². The topological polar surface area (TPSA) is 50.7 Å². The monoisotopic (exact) mass is 253 g/mol. The van der Waals surface area contributed by atoms with Crippen molar-refractivity contribution >= 4 is 0 Å². The van der Waals surface area contributed by atoms with E-state index in [4.69, 9.17) is 9.47 Å². The van der Waals surface area contributed by atoms with Gasteiger partial charge in [-0.1, -0.05) is 13.8 Å². The number of ether oxygens (including phenoxy) is 2. The number of aliphatic hydroxyl groups is 1. The van der Waals surface area contributed by atoms with Gasteiger partial charge in [-0.3, -0.25) is 0 Å². The molecule has 4 heteroatoms. The summed E-state index contributed by atoms with van der Waals surface area (Å²) >= 11 is 0. The van der Waals surface area contributed by atoms with Gasteiger partial charge in [-0.15, -0.1) is 0 Å². The number of nitrogens with one attached hydrogen (secondary N) is 1. The zero-order chi connectivity index (χ0) is 13.7. The summed E-state index contributed by atoms with van der Waals surface area (Å²) in [6.45, 7) is 6.04. The smallest absolute Gasteiger partial charge is 0.124 e. The SMILES string of the molecule is COc1ccc(OC)c([C@H](O)[C@H](C)NC(C)C)c1. The maximum atomic E-state index is 10.4. The maximum Gasteiger partial charge on any atom is 0.124 e. The van der Waals surface area contributed by atoms with E-state index in [0.717, 1.165) is 5.56 Å². The Morgan fingerprint density at radius 2 is 1.78 bits per heavy atom. The van der Waals surface area contributed by atoms with Crippen molar-refractivity contribution < 1.29 is 14.6 Å². The van der Waals surface area contributed by atoms with Crippen molar-refractivity contribution in [3.05, 3.63) is 23.8 Å². The molecule has 0 saturated carbocycles. The minimum atomic E-state index is -0.641. The van der Waals surface area contributed by atoms with E-state index in [2.05, 4.69) is 5.32 Å². The van der Waals surface area contributed by atoms with Crippen LogP contribution in [0.2, 0.25) is 0 Å². The molecule has 4 nitrogen and oxygen atoms in total. The largest absolute Gasteiger partial charge is 0.497 e. The quantitative estimate of drug-likeness (QED) is 0.815. The molecule has 0 aromatic heterocycles. The van der Waals surface area contributed by atoms with Crippen LogP contribution in [0.1, 0.15) is 32.4 Å². The molecule has 0 unspecified atom stereocenters. The molecule has 0 saturated heterocycles. The first-order chi connectivity index (χ1) is 8.49. The maximum absolute atomic E-state index is 10.4. The number of hydrogen-bond acceptors (Lipinski definition) is 4. The van der Waals surface area contributed by atoms with Crippen LogP contribution in [0.4, 0.5) is 0 Å². The Hall–Kier alpha value is -1.26. The molecule has 1 rings (SSSR count). The van der Waals surface area contributed by atoms with Gasteiger partial charge < -0.3 is 19.9 Å². The van der Waals surface area contributed by atoms with Gasteiger partial charge in [0, 0.05) is 17.6 Å². The molecular formula is C14H23NO3. The second-order valence-corrected chi connectivity index (χ2v) is 4.66. The van der Waals surface area contributed by atoms with E-state index >= 15 is 0 Å². The fraction of sp³-hybridized carbons (Fsp3) is 0.571. The van der Waals surface area contributed by atoms with Gasteiger partial charge in [-0.25, -0.2) is 0 Å². The van der Waals surface area contributed by atoms with E-state index in [1.165, 1.54) is 0 Å². The average Bonchev–Trinajstić information content (AvgIpc) is 2.36. The Labute approximate surface area is 109 Å². The molecule has 0 bridgehead atoms. The first-order valence-corrected chi connectivity index (χ1v) is 6.15. The number of methoxy groups -OCH3 is 2. The molecule has 18 heavy (non-hydrogen) atoms. The van der Waals surface area contributed by atoms with Crippen LogP contribution < -0.4 is 14.8 Å².